The van der Waals surface area contributed by atoms with Gasteiger partial charge in [-0.15, -0.1) is 0 Å². The van der Waals surface area contributed by atoms with Gasteiger partial charge >= 0.3 is 0 Å². The molecule has 1 heterocycles. The van der Waals surface area contributed by atoms with E-state index in [1.165, 1.54) is 6.07 Å². The molecule has 2 nitrogen and oxygen atoms in total. The molecular formula is C13H14FNO. The summed E-state index contributed by atoms with van der Waals surface area (Å²) < 4.78 is 15.1. The molecule has 1 aromatic carbocycles. The summed E-state index contributed by atoms with van der Waals surface area (Å²) in [4.78, 5) is 12.0. The first-order chi connectivity index (χ1) is 7.67. The van der Waals surface area contributed by atoms with Crippen LogP contribution in [0.3, 0.4) is 0 Å². The Hall–Kier alpha value is -1.64. The fourth-order valence-electron chi connectivity index (χ4n) is 1.87. The van der Waals surface area contributed by atoms with Crippen LogP contribution in [0.4, 0.5) is 4.39 Å². The van der Waals surface area contributed by atoms with Crippen molar-refractivity contribution in [2.45, 2.75) is 26.8 Å². The number of aryl methyl sites for hydroxylation is 2. The molecule has 0 N–H and O–H groups in total. The molecule has 0 aliphatic carbocycles. The van der Waals surface area contributed by atoms with Gasteiger partial charge in [-0.25, -0.2) is 4.39 Å². The number of benzene rings is 1. The number of hydrogen-bond donors (Lipinski definition) is 0. The lowest BCUT2D eigenvalue weighted by atomic mass is 10.1. The molecule has 0 unspecified atom stereocenters. The Morgan fingerprint density at radius 3 is 2.69 bits per heavy atom. The molecule has 84 valence electrons. The Labute approximate surface area is 93.3 Å². The van der Waals surface area contributed by atoms with E-state index >= 15 is 0 Å². The van der Waals surface area contributed by atoms with E-state index in [2.05, 4.69) is 0 Å². The zero-order valence-corrected chi connectivity index (χ0v) is 9.46. The predicted octanol–water partition coefficient (Wildman–Crippen LogP) is 2.72. The van der Waals surface area contributed by atoms with Crippen molar-refractivity contribution in [2.24, 2.45) is 0 Å². The van der Waals surface area contributed by atoms with Crippen molar-refractivity contribution in [3.05, 3.63) is 46.1 Å². The van der Waals surface area contributed by atoms with Crippen LogP contribution in [0.1, 0.15) is 19.4 Å². The molecule has 0 aliphatic heterocycles. The smallest absolute Gasteiger partial charge is 0.258 e. The van der Waals surface area contributed by atoms with Crippen LogP contribution < -0.4 is 5.56 Å². The van der Waals surface area contributed by atoms with Gasteiger partial charge in [-0.1, -0.05) is 6.92 Å². The Kier molecular flexibility index (Phi) is 2.77. The van der Waals surface area contributed by atoms with Crippen molar-refractivity contribution in [2.75, 3.05) is 0 Å². The summed E-state index contributed by atoms with van der Waals surface area (Å²) in [5.41, 5.74) is 0.549. The summed E-state index contributed by atoms with van der Waals surface area (Å²) in [5, 5.41) is 1.27. The van der Waals surface area contributed by atoms with Crippen molar-refractivity contribution >= 4 is 10.8 Å². The zero-order valence-electron chi connectivity index (χ0n) is 9.46. The quantitative estimate of drug-likeness (QED) is 0.761. The fourth-order valence-corrected chi connectivity index (χ4v) is 1.87. The van der Waals surface area contributed by atoms with Gasteiger partial charge < -0.3 is 4.57 Å². The lowest BCUT2D eigenvalue weighted by Crippen LogP contribution is -2.18. The minimum atomic E-state index is -0.233. The van der Waals surface area contributed by atoms with Gasteiger partial charge in [0.15, 0.2) is 0 Å². The highest BCUT2D eigenvalue weighted by Crippen LogP contribution is 2.16. The summed E-state index contributed by atoms with van der Waals surface area (Å²) in [7, 11) is 0. The van der Waals surface area contributed by atoms with Crippen molar-refractivity contribution in [1.82, 2.24) is 4.57 Å². The number of hydrogen-bond acceptors (Lipinski definition) is 1. The van der Waals surface area contributed by atoms with E-state index in [9.17, 15) is 9.18 Å². The Morgan fingerprint density at radius 2 is 2.06 bits per heavy atom. The molecule has 0 saturated carbocycles. The molecule has 0 fully saturated rings. The maximum atomic E-state index is 13.5. The van der Waals surface area contributed by atoms with E-state index in [1.54, 1.807) is 22.9 Å². The summed E-state index contributed by atoms with van der Waals surface area (Å²) in [6.07, 6.45) is 2.30. The summed E-state index contributed by atoms with van der Waals surface area (Å²) in [6, 6.07) is 4.89. The lowest BCUT2D eigenvalue weighted by molar-refractivity contribution is 0.614. The topological polar surface area (TPSA) is 22.0 Å². The van der Waals surface area contributed by atoms with Crippen LogP contribution in [0, 0.1) is 5.82 Å². The first kappa shape index (κ1) is 10.9. The third kappa shape index (κ3) is 1.62. The number of nitrogens with zero attached hydrogens (tertiary/aromatic N) is 1. The van der Waals surface area contributed by atoms with Gasteiger partial charge in [0.25, 0.3) is 5.56 Å². The SMILES string of the molecule is CCc1cc2c(=O)n(CC)ccc2cc1F. The summed E-state index contributed by atoms with van der Waals surface area (Å²) in [6.45, 7) is 4.43. The number of aromatic nitrogens is 1. The maximum Gasteiger partial charge on any atom is 0.258 e. The van der Waals surface area contributed by atoms with E-state index in [0.717, 1.165) is 0 Å². The average molecular weight is 219 g/mol. The van der Waals surface area contributed by atoms with Crippen LogP contribution >= 0.6 is 0 Å². The van der Waals surface area contributed by atoms with Crippen molar-refractivity contribution in [3.63, 3.8) is 0 Å². The number of halogens is 1. The zero-order chi connectivity index (χ0) is 11.7. The van der Waals surface area contributed by atoms with E-state index in [4.69, 9.17) is 0 Å². The molecule has 0 amide bonds. The van der Waals surface area contributed by atoms with Crippen LogP contribution in [0.15, 0.2) is 29.2 Å². The monoisotopic (exact) mass is 219 g/mol. The van der Waals surface area contributed by atoms with Crippen molar-refractivity contribution in [3.8, 4) is 0 Å². The highest BCUT2D eigenvalue weighted by molar-refractivity contribution is 5.82. The standard InChI is InChI=1S/C13H14FNO/c1-3-9-7-11-10(8-12(9)14)5-6-15(4-2)13(11)16/h5-8H,3-4H2,1-2H3. The van der Waals surface area contributed by atoms with Gasteiger partial charge in [0.2, 0.25) is 0 Å². The second kappa shape index (κ2) is 4.08. The third-order valence-electron chi connectivity index (χ3n) is 2.87. The highest BCUT2D eigenvalue weighted by atomic mass is 19.1. The minimum absolute atomic E-state index is 0.0466. The van der Waals surface area contributed by atoms with Crippen LogP contribution in [0.25, 0.3) is 10.8 Å². The fraction of sp³-hybridized carbons (Fsp3) is 0.308. The highest BCUT2D eigenvalue weighted by Gasteiger charge is 2.06. The molecule has 2 rings (SSSR count). The summed E-state index contributed by atoms with van der Waals surface area (Å²) >= 11 is 0. The van der Waals surface area contributed by atoms with E-state index in [1.807, 2.05) is 13.8 Å². The molecular weight excluding hydrogens is 205 g/mol. The number of pyridine rings is 1. The van der Waals surface area contributed by atoms with Gasteiger partial charge in [0.05, 0.1) is 0 Å². The van der Waals surface area contributed by atoms with E-state index in [0.29, 0.717) is 29.3 Å². The molecule has 0 aliphatic rings. The minimum Gasteiger partial charge on any atom is -0.315 e. The molecule has 3 heteroatoms. The van der Waals surface area contributed by atoms with Crippen molar-refractivity contribution < 1.29 is 4.39 Å². The molecule has 2 aromatic rings. The Morgan fingerprint density at radius 1 is 1.31 bits per heavy atom. The molecule has 0 bridgehead atoms. The van der Waals surface area contributed by atoms with Crippen LogP contribution in [0.5, 0.6) is 0 Å². The van der Waals surface area contributed by atoms with Gasteiger partial charge in [-0.2, -0.15) is 0 Å². The first-order valence-corrected chi connectivity index (χ1v) is 5.49. The molecule has 0 spiro atoms. The largest absolute Gasteiger partial charge is 0.315 e. The summed E-state index contributed by atoms with van der Waals surface area (Å²) in [5.74, 6) is -0.233. The molecule has 16 heavy (non-hydrogen) atoms. The second-order valence-corrected chi connectivity index (χ2v) is 3.79. The molecule has 0 radical (unpaired) electrons. The molecule has 1 aromatic heterocycles. The van der Waals surface area contributed by atoms with Gasteiger partial charge in [-0.05, 0) is 42.5 Å². The van der Waals surface area contributed by atoms with Crippen LogP contribution in [-0.2, 0) is 13.0 Å². The third-order valence-corrected chi connectivity index (χ3v) is 2.87. The molecule has 0 saturated heterocycles. The lowest BCUT2D eigenvalue weighted by Gasteiger charge is -2.06. The second-order valence-electron chi connectivity index (χ2n) is 3.79. The normalized spacial score (nSPS) is 10.9. The predicted molar refractivity (Wildman–Crippen MR) is 63.2 cm³/mol. The number of fused-ring (bicyclic) bond motifs is 1. The van der Waals surface area contributed by atoms with E-state index < -0.39 is 0 Å². The van der Waals surface area contributed by atoms with Crippen LogP contribution in [-0.4, -0.2) is 4.57 Å². The van der Waals surface area contributed by atoms with Crippen LogP contribution in [0.2, 0.25) is 0 Å². The Bertz CT molecular complexity index is 586. The maximum absolute atomic E-state index is 13.5. The first-order valence-electron chi connectivity index (χ1n) is 5.49. The van der Waals surface area contributed by atoms with Gasteiger partial charge in [0, 0.05) is 18.1 Å². The van der Waals surface area contributed by atoms with Crippen molar-refractivity contribution in [1.29, 1.82) is 0 Å². The number of rotatable bonds is 2. The van der Waals surface area contributed by atoms with Gasteiger partial charge in [0.1, 0.15) is 5.82 Å². The van der Waals surface area contributed by atoms with E-state index in [-0.39, 0.29) is 11.4 Å². The molecule has 0 atom stereocenters. The average Bonchev–Trinajstić information content (AvgIpc) is 2.29. The Balaban J connectivity index is 2.82. The van der Waals surface area contributed by atoms with Gasteiger partial charge in [-0.3, -0.25) is 4.79 Å².